The molecule has 0 unspecified atom stereocenters. The van der Waals surface area contributed by atoms with Crippen LogP contribution in [0.5, 0.6) is 0 Å². The average Bonchev–Trinajstić information content (AvgIpc) is 2.77. The van der Waals surface area contributed by atoms with E-state index in [1.54, 1.807) is 18.2 Å². The Morgan fingerprint density at radius 1 is 1.19 bits per heavy atom. The molecule has 0 fully saturated rings. The van der Waals surface area contributed by atoms with Crippen LogP contribution in [0.2, 0.25) is 5.02 Å². The Hall–Kier alpha value is -1.78. The van der Waals surface area contributed by atoms with Gasteiger partial charge in [-0.25, -0.2) is 4.39 Å². The fourth-order valence-corrected chi connectivity index (χ4v) is 3.14. The number of fused-ring (bicyclic) bond motifs is 1. The molecule has 0 atom stereocenters. The Morgan fingerprint density at radius 3 is 2.57 bits per heavy atom. The molecule has 0 amide bonds. The second-order valence-corrected chi connectivity index (χ2v) is 6.25. The molecular formula is C16H11ClFNOS. The van der Waals surface area contributed by atoms with Crippen LogP contribution >= 0.6 is 23.4 Å². The number of hydrogen-bond acceptors (Lipinski definition) is 2. The Morgan fingerprint density at radius 2 is 1.90 bits per heavy atom. The second kappa shape index (κ2) is 5.54. The van der Waals surface area contributed by atoms with E-state index < -0.39 is 0 Å². The highest BCUT2D eigenvalue weighted by Crippen LogP contribution is 2.34. The molecule has 0 saturated carbocycles. The maximum atomic E-state index is 13.1. The standard InChI is InChI=1S/C16H11ClFNOS/c1-10(20)21-16-9-19(13-5-3-12(18)4-6-13)15-7-2-11(17)8-14(15)16/h2-9H,1H3. The molecule has 0 bridgehead atoms. The van der Waals surface area contributed by atoms with Crippen LogP contribution in [0.15, 0.2) is 53.6 Å². The first-order chi connectivity index (χ1) is 10.0. The van der Waals surface area contributed by atoms with E-state index in [1.165, 1.54) is 19.1 Å². The first kappa shape index (κ1) is 14.2. The molecule has 3 aromatic rings. The van der Waals surface area contributed by atoms with Gasteiger partial charge in [-0.05, 0) is 54.2 Å². The normalized spacial score (nSPS) is 11.0. The molecule has 21 heavy (non-hydrogen) atoms. The van der Waals surface area contributed by atoms with E-state index in [2.05, 4.69) is 0 Å². The van der Waals surface area contributed by atoms with Gasteiger partial charge in [-0.2, -0.15) is 0 Å². The van der Waals surface area contributed by atoms with E-state index in [9.17, 15) is 9.18 Å². The first-order valence-electron chi connectivity index (χ1n) is 6.29. The zero-order valence-corrected chi connectivity index (χ0v) is 12.7. The van der Waals surface area contributed by atoms with Gasteiger partial charge in [0, 0.05) is 34.1 Å². The minimum Gasteiger partial charge on any atom is -0.315 e. The first-order valence-corrected chi connectivity index (χ1v) is 7.49. The summed E-state index contributed by atoms with van der Waals surface area (Å²) in [6.45, 7) is 1.52. The van der Waals surface area contributed by atoms with E-state index >= 15 is 0 Å². The quantitative estimate of drug-likeness (QED) is 0.616. The van der Waals surface area contributed by atoms with Crippen molar-refractivity contribution in [1.29, 1.82) is 0 Å². The second-order valence-electron chi connectivity index (χ2n) is 4.59. The Balaban J connectivity index is 2.23. The van der Waals surface area contributed by atoms with Gasteiger partial charge >= 0.3 is 0 Å². The number of benzene rings is 2. The van der Waals surface area contributed by atoms with Crippen LogP contribution < -0.4 is 0 Å². The SMILES string of the molecule is CC(=O)Sc1cn(-c2ccc(F)cc2)c2ccc(Cl)cc12. The summed E-state index contributed by atoms with van der Waals surface area (Å²) in [5, 5.41) is 1.53. The lowest BCUT2D eigenvalue weighted by atomic mass is 10.2. The van der Waals surface area contributed by atoms with Crippen molar-refractivity contribution in [1.82, 2.24) is 4.57 Å². The monoisotopic (exact) mass is 319 g/mol. The number of carbonyl (C=O) groups excluding carboxylic acids is 1. The van der Waals surface area contributed by atoms with Crippen LogP contribution in [0, 0.1) is 5.82 Å². The zero-order valence-electron chi connectivity index (χ0n) is 11.1. The lowest BCUT2D eigenvalue weighted by Crippen LogP contribution is -1.91. The van der Waals surface area contributed by atoms with E-state index in [1.807, 2.05) is 22.9 Å². The fraction of sp³-hybridized carbons (Fsp3) is 0.0625. The van der Waals surface area contributed by atoms with Crippen molar-refractivity contribution in [3.8, 4) is 5.69 Å². The third-order valence-electron chi connectivity index (χ3n) is 3.09. The van der Waals surface area contributed by atoms with Crippen LogP contribution in [-0.2, 0) is 4.79 Å². The van der Waals surface area contributed by atoms with Crippen molar-refractivity contribution in [3.05, 3.63) is 59.5 Å². The molecule has 2 aromatic carbocycles. The van der Waals surface area contributed by atoms with Gasteiger partial charge in [0.2, 0.25) is 0 Å². The van der Waals surface area contributed by atoms with E-state index in [-0.39, 0.29) is 10.9 Å². The van der Waals surface area contributed by atoms with Gasteiger partial charge in [-0.15, -0.1) is 0 Å². The van der Waals surface area contributed by atoms with Gasteiger partial charge in [-0.3, -0.25) is 4.79 Å². The van der Waals surface area contributed by atoms with Crippen molar-refractivity contribution in [2.45, 2.75) is 11.8 Å². The number of aromatic nitrogens is 1. The molecule has 0 aliphatic carbocycles. The molecule has 2 nitrogen and oxygen atoms in total. The number of rotatable bonds is 2. The summed E-state index contributed by atoms with van der Waals surface area (Å²) in [7, 11) is 0. The van der Waals surface area contributed by atoms with Gasteiger partial charge in [0.25, 0.3) is 0 Å². The van der Waals surface area contributed by atoms with Crippen LogP contribution in [0.4, 0.5) is 4.39 Å². The molecule has 0 saturated heterocycles. The molecular weight excluding hydrogens is 309 g/mol. The van der Waals surface area contributed by atoms with Gasteiger partial charge in [-0.1, -0.05) is 11.6 Å². The summed E-state index contributed by atoms with van der Waals surface area (Å²) in [6, 6.07) is 11.8. The Kier molecular flexibility index (Phi) is 3.74. The largest absolute Gasteiger partial charge is 0.315 e. The van der Waals surface area contributed by atoms with Gasteiger partial charge in [0.15, 0.2) is 5.12 Å². The van der Waals surface area contributed by atoms with E-state index in [0.29, 0.717) is 5.02 Å². The average molecular weight is 320 g/mol. The summed E-state index contributed by atoms with van der Waals surface area (Å²) in [6.07, 6.45) is 1.88. The molecule has 0 aliphatic heterocycles. The number of carbonyl (C=O) groups is 1. The highest BCUT2D eigenvalue weighted by molar-refractivity contribution is 8.13. The third-order valence-corrected chi connectivity index (χ3v) is 4.16. The number of nitrogens with zero attached hydrogens (tertiary/aromatic N) is 1. The summed E-state index contributed by atoms with van der Waals surface area (Å²) >= 11 is 7.21. The summed E-state index contributed by atoms with van der Waals surface area (Å²) < 4.78 is 15.0. The van der Waals surface area contributed by atoms with Crippen molar-refractivity contribution >= 4 is 39.4 Å². The van der Waals surface area contributed by atoms with Crippen LogP contribution in [0.1, 0.15) is 6.92 Å². The van der Waals surface area contributed by atoms with Crippen molar-refractivity contribution in [3.63, 3.8) is 0 Å². The van der Waals surface area contributed by atoms with Crippen molar-refractivity contribution in [2.75, 3.05) is 0 Å². The molecule has 106 valence electrons. The highest BCUT2D eigenvalue weighted by atomic mass is 35.5. The van der Waals surface area contributed by atoms with E-state index in [0.717, 1.165) is 33.2 Å². The Bertz CT molecular complexity index is 826. The summed E-state index contributed by atoms with van der Waals surface area (Å²) in [4.78, 5) is 12.2. The fourth-order valence-electron chi connectivity index (χ4n) is 2.22. The van der Waals surface area contributed by atoms with Gasteiger partial charge in [0.05, 0.1) is 5.52 Å². The van der Waals surface area contributed by atoms with Crippen LogP contribution in [0.3, 0.4) is 0 Å². The van der Waals surface area contributed by atoms with Gasteiger partial charge < -0.3 is 4.57 Å². The molecule has 0 N–H and O–H groups in total. The topological polar surface area (TPSA) is 22.0 Å². The van der Waals surface area contributed by atoms with E-state index in [4.69, 9.17) is 11.6 Å². The maximum Gasteiger partial charge on any atom is 0.190 e. The zero-order chi connectivity index (χ0) is 15.0. The number of thioether (sulfide) groups is 1. The lowest BCUT2D eigenvalue weighted by molar-refractivity contribution is -0.109. The summed E-state index contributed by atoms with van der Waals surface area (Å²) in [5.74, 6) is -0.281. The van der Waals surface area contributed by atoms with Gasteiger partial charge in [0.1, 0.15) is 5.82 Å². The molecule has 1 aromatic heterocycles. The van der Waals surface area contributed by atoms with Crippen LogP contribution in [0.25, 0.3) is 16.6 Å². The third kappa shape index (κ3) is 2.82. The minimum absolute atomic E-state index is 0.00753. The predicted molar refractivity (Wildman–Crippen MR) is 84.8 cm³/mol. The van der Waals surface area contributed by atoms with Crippen molar-refractivity contribution < 1.29 is 9.18 Å². The number of halogens is 2. The molecule has 0 spiro atoms. The van der Waals surface area contributed by atoms with Crippen molar-refractivity contribution in [2.24, 2.45) is 0 Å². The molecule has 0 aliphatic rings. The molecule has 1 heterocycles. The number of hydrogen-bond donors (Lipinski definition) is 0. The highest BCUT2D eigenvalue weighted by Gasteiger charge is 2.12. The predicted octanol–water partition coefficient (Wildman–Crippen LogP) is 5.06. The minimum atomic E-state index is -0.281. The molecule has 0 radical (unpaired) electrons. The lowest BCUT2D eigenvalue weighted by Gasteiger charge is -2.05. The molecule has 5 heteroatoms. The maximum absolute atomic E-state index is 13.1. The smallest absolute Gasteiger partial charge is 0.190 e. The molecule has 3 rings (SSSR count). The Labute approximate surface area is 130 Å². The van der Waals surface area contributed by atoms with Crippen LogP contribution in [-0.4, -0.2) is 9.68 Å². The summed E-state index contributed by atoms with van der Waals surface area (Å²) in [5.41, 5.74) is 1.76.